The Balaban J connectivity index is 2.61. The first kappa shape index (κ1) is 13.1. The predicted molar refractivity (Wildman–Crippen MR) is 77.0 cm³/mol. The first-order valence-corrected chi connectivity index (χ1v) is 7.39. The molecule has 0 heterocycles. The molecule has 0 N–H and O–H groups in total. The normalized spacial score (nSPS) is 10.6. The van der Waals surface area contributed by atoms with Crippen molar-refractivity contribution < 1.29 is 0 Å². The quantitative estimate of drug-likeness (QED) is 0.666. The largest absolute Gasteiger partial charge is 0.138 e. The molecule has 0 bridgehead atoms. The summed E-state index contributed by atoms with van der Waals surface area (Å²) in [7, 11) is 5.59. The van der Waals surface area contributed by atoms with Gasteiger partial charge >= 0.3 is 0 Å². The molecule has 0 aromatic heterocycles. The standard InChI is InChI=1S/C13H22P2/c1-11-10-12(4-2-8-14)6-7-13(11)5-3-9-15/h6-7,10H,2-5,8-9,14-15H2,1H3. The molecule has 0 nitrogen and oxygen atoms in total. The Kier molecular flexibility index (Phi) is 6.46. The van der Waals surface area contributed by atoms with Crippen molar-refractivity contribution in [1.29, 1.82) is 0 Å². The molecule has 15 heavy (non-hydrogen) atoms. The molecule has 0 saturated carbocycles. The van der Waals surface area contributed by atoms with Crippen LogP contribution in [0.15, 0.2) is 18.2 Å². The molecule has 0 aliphatic carbocycles. The van der Waals surface area contributed by atoms with E-state index in [1.165, 1.54) is 54.7 Å². The van der Waals surface area contributed by atoms with Gasteiger partial charge in [-0.15, -0.1) is 18.5 Å². The first-order valence-electron chi connectivity index (χ1n) is 5.76. The van der Waals surface area contributed by atoms with Gasteiger partial charge in [-0.3, -0.25) is 0 Å². The Bertz CT molecular complexity index is 295. The molecule has 0 aliphatic heterocycles. The minimum Gasteiger partial charge on any atom is -0.138 e. The predicted octanol–water partition coefficient (Wildman–Crippen LogP) is 3.61. The molecule has 1 aromatic carbocycles. The fourth-order valence-corrected chi connectivity index (χ4v) is 2.20. The maximum absolute atomic E-state index is 2.80. The van der Waals surface area contributed by atoms with E-state index in [1.807, 2.05) is 0 Å². The SMILES string of the molecule is Cc1cc(CCCP)ccc1CCCP. The summed E-state index contributed by atoms with van der Waals surface area (Å²) in [6.45, 7) is 2.24. The van der Waals surface area contributed by atoms with E-state index in [4.69, 9.17) is 0 Å². The van der Waals surface area contributed by atoms with E-state index in [0.29, 0.717) is 0 Å². The molecule has 1 aromatic rings. The minimum atomic E-state index is 1.20. The Morgan fingerprint density at radius 1 is 1.00 bits per heavy atom. The summed E-state index contributed by atoms with van der Waals surface area (Å²) in [4.78, 5) is 0. The Labute approximate surface area is 98.6 Å². The van der Waals surface area contributed by atoms with Crippen LogP contribution < -0.4 is 0 Å². The highest BCUT2D eigenvalue weighted by atomic mass is 31.0. The summed E-state index contributed by atoms with van der Waals surface area (Å²) in [5, 5.41) is 0. The summed E-state index contributed by atoms with van der Waals surface area (Å²) in [5.74, 6) is 0. The second-order valence-electron chi connectivity index (χ2n) is 4.05. The number of rotatable bonds is 6. The second kappa shape index (κ2) is 7.37. The van der Waals surface area contributed by atoms with Crippen LogP contribution in [0.25, 0.3) is 0 Å². The molecule has 2 unspecified atom stereocenters. The lowest BCUT2D eigenvalue weighted by Gasteiger charge is -2.07. The number of hydrogen-bond acceptors (Lipinski definition) is 0. The third-order valence-corrected chi connectivity index (χ3v) is 3.54. The van der Waals surface area contributed by atoms with Crippen LogP contribution in [0, 0.1) is 6.92 Å². The first-order chi connectivity index (χ1) is 7.27. The third-order valence-electron chi connectivity index (χ3n) is 2.73. The second-order valence-corrected chi connectivity index (χ2v) is 5.20. The average Bonchev–Trinajstić information content (AvgIpc) is 2.25. The maximum atomic E-state index is 2.80. The van der Waals surface area contributed by atoms with Gasteiger partial charge in [0.15, 0.2) is 0 Å². The van der Waals surface area contributed by atoms with Crippen LogP contribution in [-0.2, 0) is 12.8 Å². The molecule has 0 amide bonds. The van der Waals surface area contributed by atoms with Gasteiger partial charge in [0.1, 0.15) is 0 Å². The zero-order valence-electron chi connectivity index (χ0n) is 9.63. The van der Waals surface area contributed by atoms with E-state index in [2.05, 4.69) is 43.6 Å². The van der Waals surface area contributed by atoms with Crippen molar-refractivity contribution in [3.63, 3.8) is 0 Å². The van der Waals surface area contributed by atoms with Crippen LogP contribution in [-0.4, -0.2) is 12.3 Å². The number of benzene rings is 1. The molecular formula is C13H22P2. The monoisotopic (exact) mass is 240 g/mol. The average molecular weight is 240 g/mol. The summed E-state index contributed by atoms with van der Waals surface area (Å²) in [6.07, 6.45) is 7.39. The van der Waals surface area contributed by atoms with Gasteiger partial charge in [0.2, 0.25) is 0 Å². The fourth-order valence-electron chi connectivity index (χ4n) is 1.79. The number of aryl methyl sites for hydroxylation is 3. The Morgan fingerprint density at radius 2 is 1.67 bits per heavy atom. The molecule has 2 atom stereocenters. The molecule has 2 heteroatoms. The summed E-state index contributed by atoms with van der Waals surface area (Å²) >= 11 is 0. The Morgan fingerprint density at radius 3 is 2.27 bits per heavy atom. The van der Waals surface area contributed by atoms with Crippen molar-refractivity contribution in [1.82, 2.24) is 0 Å². The fraction of sp³-hybridized carbons (Fsp3) is 0.538. The molecule has 0 saturated heterocycles. The minimum absolute atomic E-state index is 1.20. The summed E-state index contributed by atoms with van der Waals surface area (Å²) in [5.41, 5.74) is 4.48. The highest BCUT2D eigenvalue weighted by molar-refractivity contribution is 7.16. The Hall–Kier alpha value is 0.0800. The van der Waals surface area contributed by atoms with E-state index in [9.17, 15) is 0 Å². The lowest BCUT2D eigenvalue weighted by molar-refractivity contribution is 0.906. The van der Waals surface area contributed by atoms with Gasteiger partial charge in [0.25, 0.3) is 0 Å². The van der Waals surface area contributed by atoms with E-state index in [0.717, 1.165) is 0 Å². The van der Waals surface area contributed by atoms with Crippen molar-refractivity contribution in [3.05, 3.63) is 34.9 Å². The lowest BCUT2D eigenvalue weighted by atomic mass is 10.00. The zero-order chi connectivity index (χ0) is 11.1. The van der Waals surface area contributed by atoms with Gasteiger partial charge in [-0.1, -0.05) is 18.2 Å². The van der Waals surface area contributed by atoms with Gasteiger partial charge in [-0.05, 0) is 61.6 Å². The van der Waals surface area contributed by atoms with Crippen LogP contribution >= 0.6 is 18.5 Å². The van der Waals surface area contributed by atoms with Crippen molar-refractivity contribution in [3.8, 4) is 0 Å². The third kappa shape index (κ3) is 4.62. The van der Waals surface area contributed by atoms with Crippen molar-refractivity contribution in [2.24, 2.45) is 0 Å². The van der Waals surface area contributed by atoms with Gasteiger partial charge in [0, 0.05) is 0 Å². The van der Waals surface area contributed by atoms with E-state index < -0.39 is 0 Å². The number of hydrogen-bond donors (Lipinski definition) is 0. The van der Waals surface area contributed by atoms with Gasteiger partial charge in [-0.2, -0.15) is 0 Å². The van der Waals surface area contributed by atoms with E-state index in [1.54, 1.807) is 0 Å². The van der Waals surface area contributed by atoms with E-state index >= 15 is 0 Å². The molecule has 84 valence electrons. The van der Waals surface area contributed by atoms with Crippen molar-refractivity contribution >= 4 is 18.5 Å². The summed E-state index contributed by atoms with van der Waals surface area (Å²) < 4.78 is 0. The molecule has 0 aliphatic rings. The van der Waals surface area contributed by atoms with Crippen LogP contribution in [0.3, 0.4) is 0 Å². The van der Waals surface area contributed by atoms with Crippen LogP contribution in [0.1, 0.15) is 29.5 Å². The van der Waals surface area contributed by atoms with Crippen molar-refractivity contribution in [2.75, 3.05) is 12.3 Å². The zero-order valence-corrected chi connectivity index (χ0v) is 11.9. The molecule has 0 radical (unpaired) electrons. The maximum Gasteiger partial charge on any atom is -0.0273 e. The topological polar surface area (TPSA) is 0 Å². The molecular weight excluding hydrogens is 218 g/mol. The van der Waals surface area contributed by atoms with E-state index in [-0.39, 0.29) is 0 Å². The molecule has 0 fully saturated rings. The highest BCUT2D eigenvalue weighted by Gasteiger charge is 1.99. The summed E-state index contributed by atoms with van der Waals surface area (Å²) in [6, 6.07) is 6.97. The van der Waals surface area contributed by atoms with Crippen molar-refractivity contribution in [2.45, 2.75) is 32.6 Å². The van der Waals surface area contributed by atoms with Crippen LogP contribution in [0.2, 0.25) is 0 Å². The van der Waals surface area contributed by atoms with Crippen LogP contribution in [0.4, 0.5) is 0 Å². The van der Waals surface area contributed by atoms with Gasteiger partial charge < -0.3 is 0 Å². The van der Waals surface area contributed by atoms with Crippen LogP contribution in [0.5, 0.6) is 0 Å². The van der Waals surface area contributed by atoms with Gasteiger partial charge in [0.05, 0.1) is 0 Å². The van der Waals surface area contributed by atoms with Gasteiger partial charge in [-0.25, -0.2) is 0 Å². The smallest absolute Gasteiger partial charge is 0.0273 e. The molecule has 0 spiro atoms. The highest BCUT2D eigenvalue weighted by Crippen LogP contribution is 2.15. The lowest BCUT2D eigenvalue weighted by Crippen LogP contribution is -1.93. The molecule has 1 rings (SSSR count).